The number of aromatic nitrogens is 1. The Labute approximate surface area is 150 Å². The second-order valence-corrected chi connectivity index (χ2v) is 6.76. The van der Waals surface area contributed by atoms with E-state index in [0.717, 1.165) is 34.6 Å². The second kappa shape index (κ2) is 7.66. The Kier molecular flexibility index (Phi) is 5.35. The molecule has 2 amide bonds. The number of carbonyl (C=O) groups excluding carboxylic acids is 1. The molecule has 2 aromatic rings. The number of hydrogen-bond donors (Lipinski definition) is 2. The van der Waals surface area contributed by atoms with Crippen LogP contribution in [0.15, 0.2) is 47.1 Å². The topological polar surface area (TPSA) is 57.3 Å². The number of urea groups is 1. The third-order valence-electron chi connectivity index (χ3n) is 4.16. The molecule has 0 bridgehead atoms. The largest absolute Gasteiger partial charge is 0.355 e. The van der Waals surface area contributed by atoms with E-state index in [0.29, 0.717) is 0 Å². The Bertz CT molecular complexity index is 716. The molecular formula is C18H21BrN4O. The Hall–Kier alpha value is -2.08. The lowest BCUT2D eigenvalue weighted by atomic mass is 10.1. The van der Waals surface area contributed by atoms with Crippen molar-refractivity contribution in [2.45, 2.75) is 25.8 Å². The predicted octanol–water partition coefficient (Wildman–Crippen LogP) is 4.33. The van der Waals surface area contributed by atoms with Crippen molar-refractivity contribution in [1.29, 1.82) is 0 Å². The Morgan fingerprint density at radius 3 is 2.71 bits per heavy atom. The molecule has 1 saturated heterocycles. The molecule has 0 radical (unpaired) electrons. The van der Waals surface area contributed by atoms with E-state index in [1.54, 1.807) is 6.20 Å². The SMILES string of the molecule is CC(NC(=O)Nc1cccnc1N1CCCC1)c1ccccc1Br. The maximum atomic E-state index is 12.4. The van der Waals surface area contributed by atoms with Gasteiger partial charge in [-0.3, -0.25) is 0 Å². The van der Waals surface area contributed by atoms with Gasteiger partial charge in [-0.1, -0.05) is 34.1 Å². The summed E-state index contributed by atoms with van der Waals surface area (Å²) < 4.78 is 0.983. The summed E-state index contributed by atoms with van der Waals surface area (Å²) in [6, 6.07) is 11.3. The first-order chi connectivity index (χ1) is 11.6. The third kappa shape index (κ3) is 3.87. The van der Waals surface area contributed by atoms with Crippen molar-refractivity contribution in [1.82, 2.24) is 10.3 Å². The average Bonchev–Trinajstić information content (AvgIpc) is 3.10. The molecule has 1 aliphatic heterocycles. The molecule has 2 heterocycles. The van der Waals surface area contributed by atoms with E-state index in [1.165, 1.54) is 12.8 Å². The zero-order valence-electron chi connectivity index (χ0n) is 13.6. The molecule has 0 spiro atoms. The van der Waals surface area contributed by atoms with Crippen LogP contribution in [-0.2, 0) is 0 Å². The summed E-state index contributed by atoms with van der Waals surface area (Å²) in [7, 11) is 0. The standard InChI is InChI=1S/C18H21BrN4O/c1-13(14-7-2-3-8-15(14)19)21-18(24)22-16-9-6-10-20-17(16)23-11-4-5-12-23/h2-3,6-10,13H,4-5,11-12H2,1H3,(H2,21,22,24). The van der Waals surface area contributed by atoms with Crippen LogP contribution in [0.1, 0.15) is 31.4 Å². The first-order valence-corrected chi connectivity index (χ1v) is 8.96. The Morgan fingerprint density at radius 1 is 1.21 bits per heavy atom. The highest BCUT2D eigenvalue weighted by Gasteiger charge is 2.19. The third-order valence-corrected chi connectivity index (χ3v) is 4.88. The van der Waals surface area contributed by atoms with Crippen LogP contribution in [0.4, 0.5) is 16.3 Å². The van der Waals surface area contributed by atoms with Gasteiger partial charge in [-0.25, -0.2) is 9.78 Å². The van der Waals surface area contributed by atoms with Gasteiger partial charge in [0, 0.05) is 23.8 Å². The van der Waals surface area contributed by atoms with Crippen molar-refractivity contribution < 1.29 is 4.79 Å². The maximum absolute atomic E-state index is 12.4. The lowest BCUT2D eigenvalue weighted by molar-refractivity contribution is 0.249. The van der Waals surface area contributed by atoms with Gasteiger partial charge in [0.05, 0.1) is 11.7 Å². The van der Waals surface area contributed by atoms with Gasteiger partial charge in [0.15, 0.2) is 5.82 Å². The van der Waals surface area contributed by atoms with Crippen LogP contribution < -0.4 is 15.5 Å². The van der Waals surface area contributed by atoms with Crippen LogP contribution in [0.5, 0.6) is 0 Å². The summed E-state index contributed by atoms with van der Waals surface area (Å²) in [6.07, 6.45) is 4.10. The van der Waals surface area contributed by atoms with E-state index in [2.05, 4.69) is 36.4 Å². The molecule has 1 atom stereocenters. The molecule has 5 nitrogen and oxygen atoms in total. The number of pyridine rings is 1. The highest BCUT2D eigenvalue weighted by Crippen LogP contribution is 2.26. The van der Waals surface area contributed by atoms with Gasteiger partial charge < -0.3 is 15.5 Å². The molecule has 1 aromatic heterocycles. The van der Waals surface area contributed by atoms with Gasteiger partial charge in [-0.15, -0.1) is 0 Å². The molecule has 1 fully saturated rings. The summed E-state index contributed by atoms with van der Waals surface area (Å²) in [4.78, 5) is 19.0. The molecule has 2 N–H and O–H groups in total. The van der Waals surface area contributed by atoms with Gasteiger partial charge in [-0.2, -0.15) is 0 Å². The van der Waals surface area contributed by atoms with E-state index in [9.17, 15) is 4.79 Å². The van der Waals surface area contributed by atoms with Gasteiger partial charge in [0.25, 0.3) is 0 Å². The number of amides is 2. The Balaban J connectivity index is 1.68. The van der Waals surface area contributed by atoms with E-state index in [-0.39, 0.29) is 12.1 Å². The molecule has 1 aliphatic rings. The Morgan fingerprint density at radius 2 is 1.96 bits per heavy atom. The average molecular weight is 389 g/mol. The molecule has 24 heavy (non-hydrogen) atoms. The molecule has 126 valence electrons. The summed E-state index contributed by atoms with van der Waals surface area (Å²) in [5.74, 6) is 0.846. The van der Waals surface area contributed by atoms with Gasteiger partial charge >= 0.3 is 6.03 Å². The molecule has 3 rings (SSSR count). The second-order valence-electron chi connectivity index (χ2n) is 5.91. The van der Waals surface area contributed by atoms with E-state index in [4.69, 9.17) is 0 Å². The quantitative estimate of drug-likeness (QED) is 0.819. The minimum Gasteiger partial charge on any atom is -0.355 e. The molecule has 1 aromatic carbocycles. The maximum Gasteiger partial charge on any atom is 0.319 e. The van der Waals surface area contributed by atoms with Crippen LogP contribution in [-0.4, -0.2) is 24.1 Å². The smallest absolute Gasteiger partial charge is 0.319 e. The first kappa shape index (κ1) is 16.8. The number of nitrogens with one attached hydrogen (secondary N) is 2. The van der Waals surface area contributed by atoms with Crippen LogP contribution in [0.3, 0.4) is 0 Å². The zero-order valence-corrected chi connectivity index (χ0v) is 15.2. The normalized spacial score (nSPS) is 15.2. The molecular weight excluding hydrogens is 368 g/mol. The number of carbonyl (C=O) groups is 1. The lowest BCUT2D eigenvalue weighted by Gasteiger charge is -2.21. The molecule has 0 aliphatic carbocycles. The van der Waals surface area contributed by atoms with E-state index < -0.39 is 0 Å². The van der Waals surface area contributed by atoms with Crippen molar-refractivity contribution in [2.24, 2.45) is 0 Å². The van der Waals surface area contributed by atoms with E-state index in [1.807, 2.05) is 43.3 Å². The van der Waals surface area contributed by atoms with Gasteiger partial charge in [0.1, 0.15) is 0 Å². The number of hydrogen-bond acceptors (Lipinski definition) is 3. The van der Waals surface area contributed by atoms with Gasteiger partial charge in [-0.05, 0) is 43.5 Å². The molecule has 1 unspecified atom stereocenters. The highest BCUT2D eigenvalue weighted by molar-refractivity contribution is 9.10. The van der Waals surface area contributed by atoms with Crippen molar-refractivity contribution in [3.8, 4) is 0 Å². The van der Waals surface area contributed by atoms with Crippen LogP contribution in [0.2, 0.25) is 0 Å². The van der Waals surface area contributed by atoms with Crippen LogP contribution >= 0.6 is 15.9 Å². The number of nitrogens with zero attached hydrogens (tertiary/aromatic N) is 2. The minimum absolute atomic E-state index is 0.104. The summed E-state index contributed by atoms with van der Waals surface area (Å²) in [5, 5.41) is 5.91. The predicted molar refractivity (Wildman–Crippen MR) is 100 cm³/mol. The van der Waals surface area contributed by atoms with Crippen molar-refractivity contribution in [3.63, 3.8) is 0 Å². The van der Waals surface area contributed by atoms with Crippen molar-refractivity contribution in [3.05, 3.63) is 52.6 Å². The number of benzene rings is 1. The van der Waals surface area contributed by atoms with Crippen molar-refractivity contribution in [2.75, 3.05) is 23.3 Å². The molecule has 0 saturated carbocycles. The van der Waals surface area contributed by atoms with E-state index >= 15 is 0 Å². The minimum atomic E-state index is -0.230. The summed E-state index contributed by atoms with van der Waals surface area (Å²) in [5.41, 5.74) is 1.79. The highest BCUT2D eigenvalue weighted by atomic mass is 79.9. The zero-order chi connectivity index (χ0) is 16.9. The summed E-state index contributed by atoms with van der Waals surface area (Å²) in [6.45, 7) is 3.94. The van der Waals surface area contributed by atoms with Crippen LogP contribution in [0.25, 0.3) is 0 Å². The fourth-order valence-electron chi connectivity index (χ4n) is 2.93. The monoisotopic (exact) mass is 388 g/mol. The van der Waals surface area contributed by atoms with Crippen molar-refractivity contribution >= 4 is 33.5 Å². The van der Waals surface area contributed by atoms with Gasteiger partial charge in [0.2, 0.25) is 0 Å². The number of halogens is 1. The number of rotatable bonds is 4. The summed E-state index contributed by atoms with van der Waals surface area (Å²) >= 11 is 3.52. The number of anilines is 2. The first-order valence-electron chi connectivity index (χ1n) is 8.17. The molecule has 6 heteroatoms. The fraction of sp³-hybridized carbons (Fsp3) is 0.333. The fourth-order valence-corrected chi connectivity index (χ4v) is 3.56. The van der Waals surface area contributed by atoms with Crippen LogP contribution in [0, 0.1) is 0 Å². The lowest BCUT2D eigenvalue weighted by Crippen LogP contribution is -2.32.